The molecule has 0 saturated carbocycles. The second-order valence-corrected chi connectivity index (χ2v) is 4.19. The lowest BCUT2D eigenvalue weighted by molar-refractivity contribution is 0.0984. The van der Waals surface area contributed by atoms with Crippen molar-refractivity contribution in [2.75, 3.05) is 24.7 Å². The van der Waals surface area contributed by atoms with Crippen LogP contribution in [0.5, 0.6) is 0 Å². The third kappa shape index (κ3) is 2.12. The van der Waals surface area contributed by atoms with E-state index in [0.717, 1.165) is 17.9 Å². The minimum Gasteiger partial charge on any atom is -0.389 e. The molecule has 0 aromatic carbocycles. The smallest absolute Gasteiger partial charge is 0.161 e. The Bertz CT molecular complexity index is 398. The van der Waals surface area contributed by atoms with Gasteiger partial charge in [-0.15, -0.1) is 5.10 Å². The fourth-order valence-corrected chi connectivity index (χ4v) is 1.93. The van der Waals surface area contributed by atoms with Gasteiger partial charge < -0.3 is 15.4 Å². The fourth-order valence-electron chi connectivity index (χ4n) is 1.77. The van der Waals surface area contributed by atoms with E-state index in [2.05, 4.69) is 22.0 Å². The Labute approximate surface area is 99.6 Å². The molecule has 0 bridgehead atoms. The summed E-state index contributed by atoms with van der Waals surface area (Å²) >= 11 is 5.01. The Morgan fingerprint density at radius 2 is 2.50 bits per heavy atom. The summed E-state index contributed by atoms with van der Waals surface area (Å²) in [5.41, 5.74) is 6.45. The zero-order chi connectivity index (χ0) is 11.5. The van der Waals surface area contributed by atoms with Gasteiger partial charge in [0, 0.05) is 6.54 Å². The van der Waals surface area contributed by atoms with Gasteiger partial charge in [0.1, 0.15) is 4.99 Å². The molecule has 86 valence electrons. The minimum absolute atomic E-state index is 0.263. The van der Waals surface area contributed by atoms with Crippen molar-refractivity contribution in [1.29, 1.82) is 0 Å². The van der Waals surface area contributed by atoms with E-state index in [0.29, 0.717) is 18.2 Å². The molecule has 1 aromatic heterocycles. The quantitative estimate of drug-likeness (QED) is 0.749. The van der Waals surface area contributed by atoms with E-state index in [1.54, 1.807) is 12.3 Å². The van der Waals surface area contributed by atoms with E-state index in [4.69, 9.17) is 22.7 Å². The standard InChI is InChI=1S/C10H14N4OS/c1-7-6-15-5-4-14(7)10-8(9(11)16)2-3-12-13-10/h2-3,7H,4-6H2,1H3,(H2,11,16). The van der Waals surface area contributed by atoms with E-state index >= 15 is 0 Å². The van der Waals surface area contributed by atoms with Crippen molar-refractivity contribution >= 4 is 23.0 Å². The molecule has 1 saturated heterocycles. The average Bonchev–Trinajstić information content (AvgIpc) is 2.29. The van der Waals surface area contributed by atoms with Crippen LogP contribution in [0.4, 0.5) is 5.82 Å². The van der Waals surface area contributed by atoms with E-state index in [1.165, 1.54) is 0 Å². The number of hydrogen-bond donors (Lipinski definition) is 1. The van der Waals surface area contributed by atoms with Crippen LogP contribution in [0.3, 0.4) is 0 Å². The lowest BCUT2D eigenvalue weighted by Gasteiger charge is -2.34. The molecule has 1 aliphatic rings. The number of nitrogens with two attached hydrogens (primary N) is 1. The molecule has 2 N–H and O–H groups in total. The van der Waals surface area contributed by atoms with Crippen LogP contribution in [-0.4, -0.2) is 41.0 Å². The first-order valence-corrected chi connectivity index (χ1v) is 5.57. The Morgan fingerprint density at radius 3 is 3.19 bits per heavy atom. The molecule has 0 amide bonds. The van der Waals surface area contributed by atoms with Gasteiger partial charge in [0.25, 0.3) is 0 Å². The van der Waals surface area contributed by atoms with Gasteiger partial charge in [0.05, 0.1) is 31.0 Å². The molecule has 16 heavy (non-hydrogen) atoms. The van der Waals surface area contributed by atoms with Crippen LogP contribution in [0.2, 0.25) is 0 Å². The number of rotatable bonds is 2. The molecule has 1 aromatic rings. The van der Waals surface area contributed by atoms with Crippen molar-refractivity contribution < 1.29 is 4.74 Å². The van der Waals surface area contributed by atoms with Gasteiger partial charge in [-0.05, 0) is 13.0 Å². The predicted octanol–water partition coefficient (Wildman–Crippen LogP) is 0.336. The van der Waals surface area contributed by atoms with Gasteiger partial charge in [-0.25, -0.2) is 0 Å². The molecular weight excluding hydrogens is 224 g/mol. The number of hydrogen-bond acceptors (Lipinski definition) is 5. The van der Waals surface area contributed by atoms with Crippen molar-refractivity contribution in [1.82, 2.24) is 10.2 Å². The first-order chi connectivity index (χ1) is 7.70. The topological polar surface area (TPSA) is 64.3 Å². The maximum atomic E-state index is 5.67. The number of thiocarbonyl (C=S) groups is 1. The summed E-state index contributed by atoms with van der Waals surface area (Å²) in [6.45, 7) is 4.25. The number of morpholine rings is 1. The van der Waals surface area contributed by atoms with Gasteiger partial charge >= 0.3 is 0 Å². The van der Waals surface area contributed by atoms with Crippen molar-refractivity contribution in [3.8, 4) is 0 Å². The Kier molecular flexibility index (Phi) is 3.31. The van der Waals surface area contributed by atoms with E-state index in [-0.39, 0.29) is 6.04 Å². The molecular formula is C10H14N4OS. The number of aromatic nitrogens is 2. The highest BCUT2D eigenvalue weighted by atomic mass is 32.1. The third-order valence-electron chi connectivity index (χ3n) is 2.61. The van der Waals surface area contributed by atoms with Crippen molar-refractivity contribution in [3.05, 3.63) is 17.8 Å². The number of anilines is 1. The second-order valence-electron chi connectivity index (χ2n) is 3.75. The molecule has 0 aliphatic carbocycles. The van der Waals surface area contributed by atoms with Crippen LogP contribution >= 0.6 is 12.2 Å². The summed E-state index contributed by atoms with van der Waals surface area (Å²) in [5, 5.41) is 8.02. The largest absolute Gasteiger partial charge is 0.389 e. The lowest BCUT2D eigenvalue weighted by Crippen LogP contribution is -2.45. The molecule has 0 spiro atoms. The highest BCUT2D eigenvalue weighted by Gasteiger charge is 2.23. The van der Waals surface area contributed by atoms with Gasteiger partial charge in [-0.1, -0.05) is 12.2 Å². The van der Waals surface area contributed by atoms with E-state index < -0.39 is 0 Å². The van der Waals surface area contributed by atoms with Crippen LogP contribution in [0.25, 0.3) is 0 Å². The van der Waals surface area contributed by atoms with Crippen LogP contribution < -0.4 is 10.6 Å². The van der Waals surface area contributed by atoms with E-state index in [9.17, 15) is 0 Å². The minimum atomic E-state index is 0.263. The van der Waals surface area contributed by atoms with Gasteiger partial charge in [-0.3, -0.25) is 0 Å². The summed E-state index contributed by atoms with van der Waals surface area (Å²) in [6, 6.07) is 2.06. The summed E-state index contributed by atoms with van der Waals surface area (Å²) in [4.78, 5) is 2.48. The first kappa shape index (κ1) is 11.2. The third-order valence-corrected chi connectivity index (χ3v) is 2.83. The van der Waals surface area contributed by atoms with Gasteiger partial charge in [-0.2, -0.15) is 5.10 Å². The maximum Gasteiger partial charge on any atom is 0.161 e. The zero-order valence-corrected chi connectivity index (χ0v) is 9.91. The van der Waals surface area contributed by atoms with Gasteiger partial charge in [0.2, 0.25) is 0 Å². The van der Waals surface area contributed by atoms with Gasteiger partial charge in [0.15, 0.2) is 5.82 Å². The van der Waals surface area contributed by atoms with Crippen LogP contribution in [0.15, 0.2) is 12.3 Å². The SMILES string of the molecule is CC1COCCN1c1nnccc1C(N)=S. The summed E-state index contributed by atoms with van der Waals surface area (Å²) < 4.78 is 5.38. The normalized spacial score (nSPS) is 20.8. The number of nitrogens with zero attached hydrogens (tertiary/aromatic N) is 3. The fraction of sp³-hybridized carbons (Fsp3) is 0.500. The molecule has 0 radical (unpaired) electrons. The zero-order valence-electron chi connectivity index (χ0n) is 9.09. The summed E-state index contributed by atoms with van der Waals surface area (Å²) in [5.74, 6) is 0.755. The highest BCUT2D eigenvalue weighted by Crippen LogP contribution is 2.20. The Hall–Kier alpha value is -1.27. The predicted molar refractivity (Wildman–Crippen MR) is 65.5 cm³/mol. The molecule has 5 nitrogen and oxygen atoms in total. The van der Waals surface area contributed by atoms with Crippen LogP contribution in [-0.2, 0) is 4.74 Å². The molecule has 2 rings (SSSR count). The monoisotopic (exact) mass is 238 g/mol. The molecule has 1 atom stereocenters. The highest BCUT2D eigenvalue weighted by molar-refractivity contribution is 7.80. The Balaban J connectivity index is 2.34. The summed E-state index contributed by atoms with van der Waals surface area (Å²) in [6.07, 6.45) is 1.60. The molecule has 1 fully saturated rings. The molecule has 2 heterocycles. The van der Waals surface area contributed by atoms with Crippen LogP contribution in [0.1, 0.15) is 12.5 Å². The average molecular weight is 238 g/mol. The second kappa shape index (κ2) is 4.71. The van der Waals surface area contributed by atoms with Crippen molar-refractivity contribution in [3.63, 3.8) is 0 Å². The van der Waals surface area contributed by atoms with Crippen molar-refractivity contribution in [2.45, 2.75) is 13.0 Å². The lowest BCUT2D eigenvalue weighted by atomic mass is 10.2. The summed E-state index contributed by atoms with van der Waals surface area (Å²) in [7, 11) is 0. The Morgan fingerprint density at radius 1 is 1.69 bits per heavy atom. The first-order valence-electron chi connectivity index (χ1n) is 5.16. The van der Waals surface area contributed by atoms with Crippen molar-refractivity contribution in [2.24, 2.45) is 5.73 Å². The molecule has 6 heteroatoms. The van der Waals surface area contributed by atoms with E-state index in [1.807, 2.05) is 0 Å². The maximum absolute atomic E-state index is 5.67. The van der Waals surface area contributed by atoms with Crippen LogP contribution in [0, 0.1) is 0 Å². The molecule has 1 aliphatic heterocycles. The molecule has 1 unspecified atom stereocenters. The number of ether oxygens (including phenoxy) is 1.